The van der Waals surface area contributed by atoms with Crippen molar-refractivity contribution < 1.29 is 4.79 Å². The minimum Gasteiger partial charge on any atom is -0.292 e. The summed E-state index contributed by atoms with van der Waals surface area (Å²) in [5.41, 5.74) is 0.440. The number of hydrogen-bond donors (Lipinski definition) is 0. The lowest BCUT2D eigenvalue weighted by Gasteiger charge is -2.39. The maximum absolute atomic E-state index is 12.7. The average Bonchev–Trinajstić information content (AvgIpc) is 2.47. The number of benzene rings is 1. The number of Topliss-reactive ketones (excluding diaryl/α,β-unsaturated/α-hetero) is 1. The molecule has 2 rings (SSSR count). The number of likely N-dealkylation sites (tertiary alicyclic amines) is 1. The van der Waals surface area contributed by atoms with Crippen molar-refractivity contribution in [1.29, 1.82) is 0 Å². The summed E-state index contributed by atoms with van der Waals surface area (Å²) in [7, 11) is 0. The molecule has 0 aliphatic carbocycles. The molecule has 1 fully saturated rings. The van der Waals surface area contributed by atoms with E-state index in [0.29, 0.717) is 0 Å². The summed E-state index contributed by atoms with van der Waals surface area (Å²) in [4.78, 5) is 16.3. The molecular weight excluding hydrogens is 254 g/mol. The molecule has 1 heterocycles. The third-order valence-corrected chi connectivity index (χ3v) is 4.80. The Labute approximate surface area is 120 Å². The summed E-state index contributed by atoms with van der Waals surface area (Å²) in [5.74, 6) is 0.238. The Bertz CT molecular complexity index is 433. The molecular formula is C16H23NOS. The summed E-state index contributed by atoms with van der Waals surface area (Å²) in [6.07, 6.45) is 5.77. The average molecular weight is 277 g/mol. The van der Waals surface area contributed by atoms with Gasteiger partial charge in [-0.25, -0.2) is 0 Å². The first-order valence-electron chi connectivity index (χ1n) is 6.99. The Balaban J connectivity index is 2.15. The number of thioether (sulfide) groups is 1. The summed E-state index contributed by atoms with van der Waals surface area (Å²) < 4.78 is 0. The van der Waals surface area contributed by atoms with E-state index in [-0.39, 0.29) is 11.3 Å². The van der Waals surface area contributed by atoms with Gasteiger partial charge in [-0.2, -0.15) is 0 Å². The van der Waals surface area contributed by atoms with Crippen molar-refractivity contribution in [1.82, 2.24) is 4.90 Å². The molecule has 1 saturated heterocycles. The van der Waals surface area contributed by atoms with E-state index >= 15 is 0 Å². The smallest absolute Gasteiger partial charge is 0.182 e. The maximum Gasteiger partial charge on any atom is 0.182 e. The molecule has 0 N–H and O–H groups in total. The molecule has 0 saturated carbocycles. The minimum absolute atomic E-state index is 0.238. The first-order chi connectivity index (χ1) is 9.05. The van der Waals surface area contributed by atoms with Gasteiger partial charge in [0.2, 0.25) is 0 Å². The molecule has 1 aliphatic rings. The second-order valence-electron chi connectivity index (χ2n) is 5.66. The van der Waals surface area contributed by atoms with E-state index in [9.17, 15) is 4.79 Å². The van der Waals surface area contributed by atoms with Gasteiger partial charge < -0.3 is 0 Å². The predicted octanol–water partition coefficient (Wildman–Crippen LogP) is 3.86. The van der Waals surface area contributed by atoms with Crippen molar-refractivity contribution >= 4 is 17.5 Å². The number of ketones is 1. The van der Waals surface area contributed by atoms with Crippen LogP contribution in [0.3, 0.4) is 0 Å². The third-order valence-electron chi connectivity index (χ3n) is 4.05. The first-order valence-corrected chi connectivity index (χ1v) is 8.22. The maximum atomic E-state index is 12.7. The minimum atomic E-state index is -0.388. The number of carbonyl (C=O) groups excluding carboxylic acids is 1. The van der Waals surface area contributed by atoms with E-state index in [1.54, 1.807) is 11.8 Å². The predicted molar refractivity (Wildman–Crippen MR) is 82.1 cm³/mol. The molecule has 2 nitrogen and oxygen atoms in total. The largest absolute Gasteiger partial charge is 0.292 e. The fourth-order valence-electron chi connectivity index (χ4n) is 2.69. The molecule has 0 bridgehead atoms. The number of piperidine rings is 1. The molecule has 0 spiro atoms. The van der Waals surface area contributed by atoms with Crippen LogP contribution in [-0.2, 0) is 0 Å². The standard InChI is InChI=1S/C16H23NOS/c1-16(2,17-11-5-4-6-12-17)15(18)13-7-9-14(19-3)10-8-13/h7-10H,4-6,11-12H2,1-3H3. The lowest BCUT2D eigenvalue weighted by Crippen LogP contribution is -2.52. The Morgan fingerprint density at radius 3 is 2.21 bits per heavy atom. The highest BCUT2D eigenvalue weighted by molar-refractivity contribution is 7.98. The highest BCUT2D eigenvalue weighted by atomic mass is 32.2. The van der Waals surface area contributed by atoms with Crippen LogP contribution in [0.5, 0.6) is 0 Å². The fraction of sp³-hybridized carbons (Fsp3) is 0.562. The van der Waals surface area contributed by atoms with Crippen molar-refractivity contribution in [3.8, 4) is 0 Å². The number of nitrogens with zero attached hydrogens (tertiary/aromatic N) is 1. The molecule has 0 amide bonds. The van der Waals surface area contributed by atoms with E-state index in [1.807, 2.05) is 24.3 Å². The van der Waals surface area contributed by atoms with Gasteiger partial charge in [-0.3, -0.25) is 9.69 Å². The molecule has 0 unspecified atom stereocenters. The molecule has 0 radical (unpaired) electrons. The molecule has 104 valence electrons. The van der Waals surface area contributed by atoms with Crippen LogP contribution in [0.25, 0.3) is 0 Å². The van der Waals surface area contributed by atoms with Gasteiger partial charge in [0.05, 0.1) is 5.54 Å². The van der Waals surface area contributed by atoms with Crippen molar-refractivity contribution in [2.24, 2.45) is 0 Å². The lowest BCUT2D eigenvalue weighted by molar-refractivity contribution is 0.0579. The Morgan fingerprint density at radius 1 is 1.11 bits per heavy atom. The molecule has 3 heteroatoms. The number of hydrogen-bond acceptors (Lipinski definition) is 3. The first kappa shape index (κ1) is 14.6. The lowest BCUT2D eigenvalue weighted by atomic mass is 9.89. The van der Waals surface area contributed by atoms with Crippen molar-refractivity contribution in [3.05, 3.63) is 29.8 Å². The highest BCUT2D eigenvalue weighted by Gasteiger charge is 2.35. The summed E-state index contributed by atoms with van der Waals surface area (Å²) in [6.45, 7) is 6.20. The van der Waals surface area contributed by atoms with Crippen LogP contribution in [0, 0.1) is 0 Å². The quantitative estimate of drug-likeness (QED) is 0.616. The summed E-state index contributed by atoms with van der Waals surface area (Å²) >= 11 is 1.70. The third kappa shape index (κ3) is 3.21. The monoisotopic (exact) mass is 277 g/mol. The van der Waals surface area contributed by atoms with Crippen LogP contribution < -0.4 is 0 Å². The van der Waals surface area contributed by atoms with Gasteiger partial charge in [0.25, 0.3) is 0 Å². The zero-order valence-electron chi connectivity index (χ0n) is 12.1. The van der Waals surface area contributed by atoms with Crippen LogP contribution in [0.15, 0.2) is 29.2 Å². The zero-order valence-corrected chi connectivity index (χ0v) is 12.9. The summed E-state index contributed by atoms with van der Waals surface area (Å²) in [6, 6.07) is 7.98. The Hall–Kier alpha value is -0.800. The fourth-order valence-corrected chi connectivity index (χ4v) is 3.10. The van der Waals surface area contributed by atoms with Crippen LogP contribution >= 0.6 is 11.8 Å². The van der Waals surface area contributed by atoms with Gasteiger partial charge in [0.1, 0.15) is 0 Å². The summed E-state index contributed by atoms with van der Waals surface area (Å²) in [5, 5.41) is 0. The molecule has 0 atom stereocenters. The van der Waals surface area contributed by atoms with Crippen molar-refractivity contribution in [3.63, 3.8) is 0 Å². The number of rotatable bonds is 4. The van der Waals surface area contributed by atoms with E-state index in [2.05, 4.69) is 25.0 Å². The van der Waals surface area contributed by atoms with E-state index in [4.69, 9.17) is 0 Å². The van der Waals surface area contributed by atoms with Gasteiger partial charge in [0, 0.05) is 10.5 Å². The van der Waals surface area contributed by atoms with E-state index in [0.717, 1.165) is 18.7 Å². The molecule has 1 aromatic carbocycles. The molecule has 1 aliphatic heterocycles. The van der Waals surface area contributed by atoms with Crippen LogP contribution in [0.1, 0.15) is 43.5 Å². The van der Waals surface area contributed by atoms with Gasteiger partial charge >= 0.3 is 0 Å². The van der Waals surface area contributed by atoms with Crippen LogP contribution in [0.2, 0.25) is 0 Å². The van der Waals surface area contributed by atoms with Crippen molar-refractivity contribution in [2.75, 3.05) is 19.3 Å². The van der Waals surface area contributed by atoms with Gasteiger partial charge in [0.15, 0.2) is 5.78 Å². The topological polar surface area (TPSA) is 20.3 Å². The van der Waals surface area contributed by atoms with Crippen LogP contribution in [-0.4, -0.2) is 35.6 Å². The SMILES string of the molecule is CSc1ccc(C(=O)C(C)(C)N2CCCCC2)cc1. The Kier molecular flexibility index (Phi) is 4.69. The van der Waals surface area contributed by atoms with E-state index < -0.39 is 0 Å². The van der Waals surface area contributed by atoms with Gasteiger partial charge in [-0.05, 0) is 58.2 Å². The van der Waals surface area contributed by atoms with Gasteiger partial charge in [-0.15, -0.1) is 11.8 Å². The van der Waals surface area contributed by atoms with E-state index in [1.165, 1.54) is 24.2 Å². The highest BCUT2D eigenvalue weighted by Crippen LogP contribution is 2.25. The normalized spacial score (nSPS) is 17.4. The number of carbonyl (C=O) groups is 1. The molecule has 19 heavy (non-hydrogen) atoms. The molecule has 0 aromatic heterocycles. The Morgan fingerprint density at radius 2 is 1.68 bits per heavy atom. The van der Waals surface area contributed by atoms with Crippen LogP contribution in [0.4, 0.5) is 0 Å². The second kappa shape index (κ2) is 6.10. The molecule has 1 aromatic rings. The second-order valence-corrected chi connectivity index (χ2v) is 6.54. The zero-order chi connectivity index (χ0) is 13.9. The van der Waals surface area contributed by atoms with Crippen molar-refractivity contribution in [2.45, 2.75) is 43.5 Å². The van der Waals surface area contributed by atoms with Gasteiger partial charge in [-0.1, -0.05) is 18.6 Å².